The minimum atomic E-state index is -0.224. The molecule has 3 rings (SSSR count). The number of carbonyl (C=O) groups is 1. The van der Waals surface area contributed by atoms with Gasteiger partial charge in [-0.05, 0) is 46.7 Å². The molecule has 0 saturated carbocycles. The summed E-state index contributed by atoms with van der Waals surface area (Å²) in [5.74, 6) is 1.40. The molecule has 0 radical (unpaired) electrons. The highest BCUT2D eigenvalue weighted by atomic mass is 16.1. The lowest BCUT2D eigenvalue weighted by Crippen LogP contribution is -2.27. The Labute approximate surface area is 141 Å². The molecule has 3 heterocycles. The van der Waals surface area contributed by atoms with Crippen LogP contribution in [0.1, 0.15) is 55.7 Å². The van der Waals surface area contributed by atoms with Gasteiger partial charge in [-0.25, -0.2) is 4.68 Å². The van der Waals surface area contributed by atoms with Gasteiger partial charge in [-0.15, -0.1) is 0 Å². The summed E-state index contributed by atoms with van der Waals surface area (Å²) in [6.07, 6.45) is 5.37. The first-order valence-corrected chi connectivity index (χ1v) is 8.33. The maximum absolute atomic E-state index is 12.4. The topological polar surface area (TPSA) is 89.7 Å². The van der Waals surface area contributed by atoms with Gasteiger partial charge in [-0.1, -0.05) is 0 Å². The van der Waals surface area contributed by atoms with Crippen LogP contribution in [0.3, 0.4) is 0 Å². The molecular weight excluding hydrogens is 306 g/mol. The number of aromatic nitrogens is 5. The van der Waals surface area contributed by atoms with Crippen molar-refractivity contribution >= 4 is 11.9 Å². The lowest BCUT2D eigenvalue weighted by atomic mass is 9.98. The summed E-state index contributed by atoms with van der Waals surface area (Å²) < 4.78 is 3.41. The number of carbonyl (C=O) groups excluding carboxylic acids is 1. The van der Waals surface area contributed by atoms with Crippen molar-refractivity contribution in [2.24, 2.45) is 7.05 Å². The summed E-state index contributed by atoms with van der Waals surface area (Å²) in [5, 5.41) is 14.9. The molecule has 0 bridgehead atoms. The minimum absolute atomic E-state index is 0.161. The Morgan fingerprint density at radius 2 is 2.04 bits per heavy atom. The van der Waals surface area contributed by atoms with E-state index >= 15 is 0 Å². The van der Waals surface area contributed by atoms with Crippen LogP contribution in [0.2, 0.25) is 0 Å². The normalized spacial score (nSPS) is 16.3. The molecule has 1 aliphatic rings. The van der Waals surface area contributed by atoms with Crippen molar-refractivity contribution in [3.05, 3.63) is 23.8 Å². The second kappa shape index (κ2) is 6.35. The molecule has 0 unspecified atom stereocenters. The monoisotopic (exact) mass is 331 g/mol. The summed E-state index contributed by atoms with van der Waals surface area (Å²) in [6, 6.07) is 0. The fourth-order valence-corrected chi connectivity index (χ4v) is 2.75. The second-order valence-electron chi connectivity index (χ2n) is 7.24. The predicted molar refractivity (Wildman–Crippen MR) is 91.0 cm³/mol. The van der Waals surface area contributed by atoms with E-state index in [0.717, 1.165) is 31.8 Å². The molecule has 1 amide bonds. The van der Waals surface area contributed by atoms with Gasteiger partial charge in [0.15, 0.2) is 5.82 Å². The van der Waals surface area contributed by atoms with Gasteiger partial charge < -0.3 is 5.32 Å². The average molecular weight is 331 g/mol. The molecule has 0 atom stereocenters. The molecule has 8 nitrogen and oxygen atoms in total. The largest absolute Gasteiger partial charge is 0.317 e. The van der Waals surface area contributed by atoms with Crippen LogP contribution in [0.4, 0.5) is 5.95 Å². The molecule has 0 aromatic carbocycles. The van der Waals surface area contributed by atoms with Crippen molar-refractivity contribution in [2.45, 2.75) is 45.1 Å². The maximum atomic E-state index is 12.4. The van der Waals surface area contributed by atoms with E-state index in [2.05, 4.69) is 25.8 Å². The molecule has 24 heavy (non-hydrogen) atoms. The van der Waals surface area contributed by atoms with Gasteiger partial charge in [0.1, 0.15) is 0 Å². The number of amides is 1. The Morgan fingerprint density at radius 1 is 1.33 bits per heavy atom. The minimum Gasteiger partial charge on any atom is -0.317 e. The van der Waals surface area contributed by atoms with Gasteiger partial charge in [-0.2, -0.15) is 15.2 Å². The van der Waals surface area contributed by atoms with Crippen molar-refractivity contribution in [3.8, 4) is 0 Å². The van der Waals surface area contributed by atoms with Crippen LogP contribution >= 0.6 is 0 Å². The SMILES string of the molecule is Cn1nc(C2CCNCC2)nc1NC(=O)c1cnn(C(C)(C)C)c1. The third kappa shape index (κ3) is 3.48. The van der Waals surface area contributed by atoms with Gasteiger partial charge in [0.25, 0.3) is 5.91 Å². The third-order valence-electron chi connectivity index (χ3n) is 4.24. The highest BCUT2D eigenvalue weighted by Crippen LogP contribution is 2.23. The van der Waals surface area contributed by atoms with Crippen LogP contribution in [0, 0.1) is 0 Å². The first-order chi connectivity index (χ1) is 11.3. The number of anilines is 1. The Morgan fingerprint density at radius 3 is 2.67 bits per heavy atom. The zero-order valence-electron chi connectivity index (χ0n) is 14.7. The van der Waals surface area contributed by atoms with E-state index in [1.165, 1.54) is 0 Å². The molecule has 1 saturated heterocycles. The van der Waals surface area contributed by atoms with Crippen molar-refractivity contribution < 1.29 is 4.79 Å². The molecule has 2 aromatic heterocycles. The highest BCUT2D eigenvalue weighted by molar-refractivity contribution is 6.03. The zero-order valence-corrected chi connectivity index (χ0v) is 14.7. The number of aryl methyl sites for hydroxylation is 1. The molecular formula is C16H25N7O. The lowest BCUT2D eigenvalue weighted by molar-refractivity contribution is 0.102. The summed E-state index contributed by atoms with van der Waals surface area (Å²) in [4.78, 5) is 17.0. The zero-order chi connectivity index (χ0) is 17.3. The Bertz CT molecular complexity index is 719. The number of nitrogens with one attached hydrogen (secondary N) is 2. The molecule has 130 valence electrons. The predicted octanol–water partition coefficient (Wildman–Crippen LogP) is 1.49. The van der Waals surface area contributed by atoms with Gasteiger partial charge in [0, 0.05) is 19.2 Å². The fourth-order valence-electron chi connectivity index (χ4n) is 2.75. The Hall–Kier alpha value is -2.22. The molecule has 1 aliphatic heterocycles. The smallest absolute Gasteiger partial charge is 0.261 e. The van der Waals surface area contributed by atoms with Crippen molar-refractivity contribution in [1.82, 2.24) is 29.9 Å². The van der Waals surface area contributed by atoms with E-state index in [1.54, 1.807) is 28.8 Å². The van der Waals surface area contributed by atoms with Crippen molar-refractivity contribution in [2.75, 3.05) is 18.4 Å². The summed E-state index contributed by atoms with van der Waals surface area (Å²) >= 11 is 0. The lowest BCUT2D eigenvalue weighted by Gasteiger charge is -2.19. The van der Waals surface area contributed by atoms with Crippen LogP contribution in [-0.2, 0) is 12.6 Å². The Kier molecular flexibility index (Phi) is 4.40. The van der Waals surface area contributed by atoms with E-state index in [4.69, 9.17) is 0 Å². The standard InChI is InChI=1S/C16H25N7O/c1-16(2,3)23-10-12(9-18-23)14(24)20-15-19-13(21-22(15)4)11-5-7-17-8-6-11/h9-11,17H,5-8H2,1-4H3,(H,19,20,21,24). The highest BCUT2D eigenvalue weighted by Gasteiger charge is 2.22. The van der Waals surface area contributed by atoms with Gasteiger partial charge in [0.05, 0.1) is 17.3 Å². The molecule has 2 N–H and O–H groups in total. The molecule has 0 aliphatic carbocycles. The third-order valence-corrected chi connectivity index (χ3v) is 4.24. The van der Waals surface area contributed by atoms with Crippen LogP contribution in [-0.4, -0.2) is 43.5 Å². The van der Waals surface area contributed by atoms with Gasteiger partial charge in [-0.3, -0.25) is 14.8 Å². The average Bonchev–Trinajstić information content (AvgIpc) is 3.16. The first kappa shape index (κ1) is 16.6. The second-order valence-corrected chi connectivity index (χ2v) is 7.24. The van der Waals surface area contributed by atoms with E-state index in [9.17, 15) is 4.79 Å². The number of rotatable bonds is 3. The van der Waals surface area contributed by atoms with Crippen LogP contribution < -0.4 is 10.6 Å². The Balaban J connectivity index is 1.72. The van der Waals surface area contributed by atoms with Crippen LogP contribution in [0.15, 0.2) is 12.4 Å². The van der Waals surface area contributed by atoms with E-state index < -0.39 is 0 Å². The van der Waals surface area contributed by atoms with Gasteiger partial charge in [0.2, 0.25) is 5.95 Å². The van der Waals surface area contributed by atoms with E-state index in [1.807, 2.05) is 20.8 Å². The van der Waals surface area contributed by atoms with Crippen LogP contribution in [0.25, 0.3) is 0 Å². The fraction of sp³-hybridized carbons (Fsp3) is 0.625. The summed E-state index contributed by atoms with van der Waals surface area (Å²) in [7, 11) is 1.80. The number of nitrogens with zero attached hydrogens (tertiary/aromatic N) is 5. The van der Waals surface area contributed by atoms with Gasteiger partial charge >= 0.3 is 0 Å². The number of hydrogen-bond acceptors (Lipinski definition) is 5. The number of hydrogen-bond donors (Lipinski definition) is 2. The quantitative estimate of drug-likeness (QED) is 0.889. The van der Waals surface area contributed by atoms with Crippen molar-refractivity contribution in [3.63, 3.8) is 0 Å². The molecule has 1 fully saturated rings. The van der Waals surface area contributed by atoms with E-state index in [-0.39, 0.29) is 11.4 Å². The summed E-state index contributed by atoms with van der Waals surface area (Å²) in [5.41, 5.74) is 0.349. The first-order valence-electron chi connectivity index (χ1n) is 8.33. The number of piperidine rings is 1. The summed E-state index contributed by atoms with van der Waals surface area (Å²) in [6.45, 7) is 8.08. The van der Waals surface area contributed by atoms with Crippen molar-refractivity contribution in [1.29, 1.82) is 0 Å². The molecule has 8 heteroatoms. The van der Waals surface area contributed by atoms with Crippen LogP contribution in [0.5, 0.6) is 0 Å². The molecule has 0 spiro atoms. The van der Waals surface area contributed by atoms with E-state index in [0.29, 0.717) is 17.4 Å². The maximum Gasteiger partial charge on any atom is 0.261 e. The molecule has 2 aromatic rings.